The van der Waals surface area contributed by atoms with Crippen LogP contribution < -0.4 is 16.0 Å². The van der Waals surface area contributed by atoms with E-state index >= 15 is 19.2 Å². The molecule has 466 valence electrons. The van der Waals surface area contributed by atoms with Crippen LogP contribution in [0.4, 0.5) is 0 Å². The van der Waals surface area contributed by atoms with Crippen molar-refractivity contribution in [2.24, 2.45) is 29.6 Å². The van der Waals surface area contributed by atoms with Gasteiger partial charge in [-0.05, 0) is 91.5 Å². The molecule has 85 heavy (non-hydrogen) atoms. The SMILES string of the molecule is CC[C@H](C)[C@@H]1NC(=O)[C@@H]2CCCN2C(=O)[C@H](Cc2ccc(-c3cccnc3)cc2)N(C)C(=O)[C@H](Cc2ccccc2)NC(=O)[C@H](C(C)C)N(C)C(=O)[C@@H]([C@@H](C)CC)OC(=O)[C@H](C(C)(C)O)N(C)C(=O)[C@H](CC(C)C)NC(=O)[C@H](C(C)C)N(C)C1=O. The van der Waals surface area contributed by atoms with Gasteiger partial charge in [-0.3, -0.25) is 43.3 Å². The van der Waals surface area contributed by atoms with E-state index in [1.54, 1.807) is 85.1 Å². The van der Waals surface area contributed by atoms with Crippen LogP contribution in [0.5, 0.6) is 0 Å². The highest BCUT2D eigenvalue weighted by Crippen LogP contribution is 2.28. The number of fused-ring (bicyclic) bond motifs is 1. The number of cyclic esters (lactones) is 1. The lowest BCUT2D eigenvalue weighted by molar-refractivity contribution is -0.177. The number of rotatable bonds is 14. The van der Waals surface area contributed by atoms with Gasteiger partial charge in [-0.2, -0.15) is 0 Å². The second-order valence-corrected chi connectivity index (χ2v) is 25.1. The summed E-state index contributed by atoms with van der Waals surface area (Å²) in [6.45, 7) is 20.6. The fourth-order valence-electron chi connectivity index (χ4n) is 11.7. The molecular formula is C65H95N9O11. The van der Waals surface area contributed by atoms with Gasteiger partial charge in [0.2, 0.25) is 41.4 Å². The molecule has 3 aromatic rings. The largest absolute Gasteiger partial charge is 0.450 e. The summed E-state index contributed by atoms with van der Waals surface area (Å²) >= 11 is 0. The normalized spacial score (nSPS) is 25.4. The molecule has 20 heteroatoms. The number of pyridine rings is 1. The van der Waals surface area contributed by atoms with E-state index in [1.807, 2.05) is 63.2 Å². The molecule has 2 aromatic carbocycles. The van der Waals surface area contributed by atoms with Crippen molar-refractivity contribution in [1.29, 1.82) is 0 Å². The molecule has 11 atom stereocenters. The lowest BCUT2D eigenvalue weighted by Crippen LogP contribution is -2.63. The van der Waals surface area contributed by atoms with Gasteiger partial charge in [0.25, 0.3) is 5.91 Å². The lowest BCUT2D eigenvalue weighted by Gasteiger charge is -2.39. The predicted octanol–water partition coefficient (Wildman–Crippen LogP) is 5.43. The highest BCUT2D eigenvalue weighted by molar-refractivity contribution is 5.99. The number of amides is 8. The van der Waals surface area contributed by atoms with Crippen molar-refractivity contribution in [2.75, 3.05) is 34.7 Å². The van der Waals surface area contributed by atoms with Crippen LogP contribution >= 0.6 is 0 Å². The Morgan fingerprint density at radius 2 is 1.15 bits per heavy atom. The first-order valence-corrected chi connectivity index (χ1v) is 30.2. The third-order valence-electron chi connectivity index (χ3n) is 16.9. The van der Waals surface area contributed by atoms with Crippen LogP contribution in [0, 0.1) is 29.6 Å². The minimum Gasteiger partial charge on any atom is -0.450 e. The molecule has 2 fully saturated rings. The number of esters is 1. The fraction of sp³-hybridized carbons (Fsp3) is 0.600. The number of aromatic nitrogens is 1. The smallest absolute Gasteiger partial charge is 0.332 e. The Hall–Kier alpha value is -7.22. The molecule has 8 amide bonds. The van der Waals surface area contributed by atoms with Gasteiger partial charge in [-0.15, -0.1) is 0 Å². The maximum absolute atomic E-state index is 15.6. The van der Waals surface area contributed by atoms with E-state index < -0.39 is 137 Å². The number of hydrogen-bond donors (Lipinski definition) is 4. The maximum atomic E-state index is 15.6. The van der Waals surface area contributed by atoms with Crippen LogP contribution in [-0.2, 0) is 60.7 Å². The Kier molecular flexibility index (Phi) is 24.4. The monoisotopic (exact) mass is 1180 g/mol. The first kappa shape index (κ1) is 68.6. The topological polar surface area (TPSA) is 248 Å². The van der Waals surface area contributed by atoms with Gasteiger partial charge in [-0.25, -0.2) is 4.79 Å². The predicted molar refractivity (Wildman–Crippen MR) is 325 cm³/mol. The van der Waals surface area contributed by atoms with Gasteiger partial charge in [0.15, 0.2) is 12.1 Å². The summed E-state index contributed by atoms with van der Waals surface area (Å²) in [5.41, 5.74) is 1.13. The minimum atomic E-state index is -1.98. The Morgan fingerprint density at radius 3 is 1.68 bits per heavy atom. The van der Waals surface area contributed by atoms with Gasteiger partial charge in [0.05, 0.1) is 5.60 Å². The molecule has 2 saturated heterocycles. The quantitative estimate of drug-likeness (QED) is 0.148. The third-order valence-corrected chi connectivity index (χ3v) is 16.9. The average Bonchev–Trinajstić information content (AvgIpc) is 2.85. The van der Waals surface area contributed by atoms with E-state index in [9.17, 15) is 29.1 Å². The van der Waals surface area contributed by atoms with Crippen molar-refractivity contribution in [1.82, 2.24) is 45.4 Å². The zero-order chi connectivity index (χ0) is 63.4. The number of nitrogens with one attached hydrogen (secondary N) is 3. The Balaban J connectivity index is 1.71. The van der Waals surface area contributed by atoms with Crippen LogP contribution in [0.3, 0.4) is 0 Å². The number of carbonyl (C=O) groups is 9. The van der Waals surface area contributed by atoms with Gasteiger partial charge in [-0.1, -0.05) is 136 Å². The van der Waals surface area contributed by atoms with Crippen LogP contribution in [-0.4, -0.2) is 183 Å². The summed E-state index contributed by atoms with van der Waals surface area (Å²) in [5.74, 6) is -8.81. The number of ether oxygens (including phenoxy) is 1. The number of likely N-dealkylation sites (N-methyl/N-ethyl adjacent to an activating group) is 4. The van der Waals surface area contributed by atoms with E-state index in [1.165, 1.54) is 61.6 Å². The molecule has 3 heterocycles. The van der Waals surface area contributed by atoms with Crippen LogP contribution in [0.1, 0.15) is 126 Å². The molecule has 0 spiro atoms. The molecule has 0 bridgehead atoms. The Labute approximate surface area is 503 Å². The van der Waals surface area contributed by atoms with Crippen molar-refractivity contribution in [3.05, 3.63) is 90.3 Å². The number of aliphatic hydroxyl groups is 1. The van der Waals surface area contributed by atoms with Crippen LogP contribution in [0.25, 0.3) is 11.1 Å². The van der Waals surface area contributed by atoms with Crippen molar-refractivity contribution in [2.45, 2.75) is 188 Å². The zero-order valence-electron chi connectivity index (χ0n) is 53.0. The second kappa shape index (κ2) is 30.2. The summed E-state index contributed by atoms with van der Waals surface area (Å²) < 4.78 is 6.12. The maximum Gasteiger partial charge on any atom is 0.332 e. The summed E-state index contributed by atoms with van der Waals surface area (Å²) in [7, 11) is 5.67. The van der Waals surface area contributed by atoms with Crippen LogP contribution in [0.15, 0.2) is 79.1 Å². The molecule has 20 nitrogen and oxygen atoms in total. The summed E-state index contributed by atoms with van der Waals surface area (Å²) in [4.78, 5) is 146. The Bertz CT molecular complexity index is 2790. The number of hydrogen-bond acceptors (Lipinski definition) is 12. The van der Waals surface area contributed by atoms with Gasteiger partial charge < -0.3 is 50.3 Å². The van der Waals surface area contributed by atoms with E-state index in [0.29, 0.717) is 30.4 Å². The van der Waals surface area contributed by atoms with Crippen molar-refractivity contribution in [3.63, 3.8) is 0 Å². The molecule has 0 aliphatic carbocycles. The second-order valence-electron chi connectivity index (χ2n) is 25.1. The van der Waals surface area contributed by atoms with E-state index in [0.717, 1.165) is 16.0 Å². The van der Waals surface area contributed by atoms with Gasteiger partial charge in [0, 0.05) is 65.9 Å². The standard InChI is InChI=1S/C65H95N9O11/c1-17-41(9)51-62(81)71(14)52(39(5)6)57(76)67-47(34-38(3)4)60(79)73(16)55(65(11,12)84)64(83)85-54(42(10)18-2)63(82)72(15)53(40(7)8)58(77)68-48(35-43-24-20-19-21-25-43)59(78)70(13)50(61(80)74-33-23-27-49(74)56(75)69-51)36-44-28-30-45(31-29-44)46-26-22-32-66-37-46/h19-22,24-26,28-32,37-42,47-55,84H,17-18,23,27,33-36H2,1-16H3,(H,67,76)(H,68,77)(H,69,75)/t41-,42-,47-,48-,49-,50-,51-,52-,53-,54+,55+/m0/s1. The summed E-state index contributed by atoms with van der Waals surface area (Å²) in [6, 6.07) is 10.1. The molecule has 5 rings (SSSR count). The molecule has 2 aliphatic rings. The van der Waals surface area contributed by atoms with E-state index in [2.05, 4.69) is 20.9 Å². The first-order chi connectivity index (χ1) is 39.9. The number of benzene rings is 2. The van der Waals surface area contributed by atoms with Crippen molar-refractivity contribution >= 4 is 53.2 Å². The molecule has 0 radical (unpaired) electrons. The fourth-order valence-corrected chi connectivity index (χ4v) is 11.7. The van der Waals surface area contributed by atoms with E-state index in [-0.39, 0.29) is 38.1 Å². The molecule has 0 unspecified atom stereocenters. The molecular weight excluding hydrogens is 1080 g/mol. The number of carbonyl (C=O) groups excluding carboxylic acids is 9. The van der Waals surface area contributed by atoms with Crippen molar-refractivity contribution < 1.29 is 53.0 Å². The van der Waals surface area contributed by atoms with Gasteiger partial charge in [0.1, 0.15) is 42.3 Å². The highest BCUT2D eigenvalue weighted by atomic mass is 16.6. The molecule has 0 saturated carbocycles. The van der Waals surface area contributed by atoms with Gasteiger partial charge >= 0.3 is 5.97 Å². The average molecular weight is 1180 g/mol. The number of nitrogens with zero attached hydrogens (tertiary/aromatic N) is 6. The lowest BCUT2D eigenvalue weighted by atomic mass is 9.93. The van der Waals surface area contributed by atoms with E-state index in [4.69, 9.17) is 4.74 Å². The third kappa shape index (κ3) is 17.0. The zero-order valence-corrected chi connectivity index (χ0v) is 53.0. The molecule has 1 aromatic heterocycles. The minimum absolute atomic E-state index is 0.00200. The molecule has 4 N–H and O–H groups in total. The summed E-state index contributed by atoms with van der Waals surface area (Å²) in [6.07, 6.45) is 3.37. The molecule has 2 aliphatic heterocycles. The summed E-state index contributed by atoms with van der Waals surface area (Å²) in [5, 5.41) is 20.6. The highest BCUT2D eigenvalue weighted by Gasteiger charge is 2.48. The first-order valence-electron chi connectivity index (χ1n) is 30.2. The van der Waals surface area contributed by atoms with Crippen LogP contribution in [0.2, 0.25) is 0 Å². The van der Waals surface area contributed by atoms with Crippen molar-refractivity contribution in [3.8, 4) is 11.1 Å². The Morgan fingerprint density at radius 1 is 0.600 bits per heavy atom.